The summed E-state index contributed by atoms with van der Waals surface area (Å²) in [5.74, 6) is -1.71. The molecule has 8 nitrogen and oxygen atoms in total. The van der Waals surface area contributed by atoms with E-state index < -0.39 is 29.8 Å². The smallest absolute Gasteiger partial charge is 0.321 e. The summed E-state index contributed by atoms with van der Waals surface area (Å²) in [5, 5.41) is 6.48. The number of thioether (sulfide) groups is 1. The molecule has 1 aliphatic rings. The maximum Gasteiger partial charge on any atom is 0.321 e. The second kappa shape index (κ2) is 8.34. The van der Waals surface area contributed by atoms with Crippen LogP contribution in [0.1, 0.15) is 13.3 Å². The zero-order valence-corrected chi connectivity index (χ0v) is 13.8. The van der Waals surface area contributed by atoms with Gasteiger partial charge in [-0.1, -0.05) is 12.1 Å². The number of esters is 1. The molecule has 0 saturated carbocycles. The van der Waals surface area contributed by atoms with Crippen molar-refractivity contribution in [3.05, 3.63) is 24.3 Å². The van der Waals surface area contributed by atoms with E-state index in [0.29, 0.717) is 12.2 Å². The van der Waals surface area contributed by atoms with Crippen LogP contribution in [0, 0.1) is 0 Å². The number of anilines is 1. The Hall–Kier alpha value is -2.55. The molecule has 1 aromatic rings. The van der Waals surface area contributed by atoms with Crippen molar-refractivity contribution >= 4 is 41.3 Å². The van der Waals surface area contributed by atoms with Gasteiger partial charge in [0.1, 0.15) is 0 Å². The van der Waals surface area contributed by atoms with Crippen LogP contribution in [0.2, 0.25) is 0 Å². The molecule has 4 amide bonds. The van der Waals surface area contributed by atoms with Gasteiger partial charge in [0, 0.05) is 11.4 Å². The van der Waals surface area contributed by atoms with Crippen LogP contribution in [0.3, 0.4) is 0 Å². The van der Waals surface area contributed by atoms with Crippen molar-refractivity contribution in [2.45, 2.75) is 23.5 Å². The fourth-order valence-corrected chi connectivity index (χ4v) is 3.05. The number of hydrogen-bond donors (Lipinski definition) is 3. The Balaban J connectivity index is 1.79. The number of nitrogens with one attached hydrogen (secondary N) is 3. The van der Waals surface area contributed by atoms with Crippen LogP contribution in [0.5, 0.6) is 0 Å². The molecule has 0 fully saturated rings. The lowest BCUT2D eigenvalue weighted by Gasteiger charge is -2.23. The Bertz CT molecular complexity index is 664. The van der Waals surface area contributed by atoms with Crippen molar-refractivity contribution in [2.75, 3.05) is 18.5 Å². The van der Waals surface area contributed by atoms with Crippen molar-refractivity contribution < 1.29 is 23.9 Å². The summed E-state index contributed by atoms with van der Waals surface area (Å²) >= 11 is 1.27. The Labute approximate surface area is 142 Å². The van der Waals surface area contributed by atoms with E-state index in [-0.39, 0.29) is 12.3 Å². The lowest BCUT2D eigenvalue weighted by Crippen LogP contribution is -2.41. The van der Waals surface area contributed by atoms with Crippen LogP contribution in [-0.4, -0.2) is 42.2 Å². The fourth-order valence-electron chi connectivity index (χ4n) is 1.95. The molecule has 0 spiro atoms. The minimum atomic E-state index is -0.736. The van der Waals surface area contributed by atoms with Gasteiger partial charge in [0.2, 0.25) is 5.91 Å². The first kappa shape index (κ1) is 17.8. The van der Waals surface area contributed by atoms with Gasteiger partial charge in [-0.2, -0.15) is 0 Å². The number of amides is 4. The number of carbonyl (C=O) groups excluding carboxylic acids is 4. The van der Waals surface area contributed by atoms with Crippen LogP contribution in [0.25, 0.3) is 0 Å². The normalized spacial score (nSPS) is 15.7. The molecule has 1 aromatic carbocycles. The van der Waals surface area contributed by atoms with Gasteiger partial charge in [-0.15, -0.1) is 11.8 Å². The topological polar surface area (TPSA) is 114 Å². The van der Waals surface area contributed by atoms with Crippen LogP contribution < -0.4 is 16.0 Å². The zero-order chi connectivity index (χ0) is 17.5. The Morgan fingerprint density at radius 2 is 2.04 bits per heavy atom. The highest BCUT2D eigenvalue weighted by atomic mass is 32.2. The highest BCUT2D eigenvalue weighted by molar-refractivity contribution is 8.01. The van der Waals surface area contributed by atoms with Crippen LogP contribution in [0.15, 0.2) is 29.2 Å². The number of rotatable bonds is 5. The molecular weight excluding hydrogens is 334 g/mol. The van der Waals surface area contributed by atoms with E-state index in [0.717, 1.165) is 4.90 Å². The van der Waals surface area contributed by atoms with Crippen molar-refractivity contribution in [1.29, 1.82) is 0 Å². The summed E-state index contributed by atoms with van der Waals surface area (Å²) in [6.45, 7) is 1.50. The minimum absolute atomic E-state index is 0.167. The van der Waals surface area contributed by atoms with Crippen molar-refractivity contribution in [3.8, 4) is 0 Å². The number of imide groups is 1. The number of urea groups is 1. The number of fused-ring (bicyclic) bond motifs is 1. The summed E-state index contributed by atoms with van der Waals surface area (Å²) in [7, 11) is 0. The lowest BCUT2D eigenvalue weighted by molar-refractivity contribution is -0.148. The maximum atomic E-state index is 12.0. The molecule has 0 radical (unpaired) electrons. The Kier molecular flexibility index (Phi) is 6.19. The third-order valence-electron chi connectivity index (χ3n) is 3.01. The van der Waals surface area contributed by atoms with Gasteiger partial charge in [0.15, 0.2) is 6.61 Å². The second-order valence-corrected chi connectivity index (χ2v) is 6.11. The molecule has 1 atom stereocenters. The molecule has 0 aromatic heterocycles. The van der Waals surface area contributed by atoms with Crippen molar-refractivity contribution in [2.24, 2.45) is 0 Å². The minimum Gasteiger partial charge on any atom is -0.456 e. The first-order valence-electron chi connectivity index (χ1n) is 7.29. The van der Waals surface area contributed by atoms with Gasteiger partial charge in [-0.3, -0.25) is 19.7 Å². The van der Waals surface area contributed by atoms with E-state index in [1.54, 1.807) is 13.0 Å². The van der Waals surface area contributed by atoms with Crippen molar-refractivity contribution in [3.63, 3.8) is 0 Å². The summed E-state index contributed by atoms with van der Waals surface area (Å²) in [6.07, 6.45) is -0.167. The molecule has 1 heterocycles. The van der Waals surface area contributed by atoms with E-state index >= 15 is 0 Å². The van der Waals surface area contributed by atoms with E-state index in [1.165, 1.54) is 11.8 Å². The lowest BCUT2D eigenvalue weighted by atomic mass is 10.2. The monoisotopic (exact) mass is 351 g/mol. The summed E-state index contributed by atoms with van der Waals surface area (Å²) in [6, 6.07) is 6.61. The third-order valence-corrected chi connectivity index (χ3v) is 4.29. The van der Waals surface area contributed by atoms with Crippen LogP contribution in [0.4, 0.5) is 10.5 Å². The molecule has 128 valence electrons. The number of benzene rings is 1. The first-order valence-corrected chi connectivity index (χ1v) is 8.17. The molecule has 1 aliphatic heterocycles. The standard InChI is InChI=1S/C15H17N3O5S/c1-2-16-15(22)18-12(19)8-23-13(20)7-11-14(21)17-9-5-3-4-6-10(9)24-11/h3-6,11H,2,7-8H2,1H3,(H,17,21)(H2,16,18,19,22)/t11-/m0/s1. The quantitative estimate of drug-likeness (QED) is 0.679. The van der Waals surface area contributed by atoms with Gasteiger partial charge in [-0.25, -0.2) is 4.79 Å². The molecule has 0 aliphatic carbocycles. The number of ether oxygens (including phenoxy) is 1. The van der Waals surface area contributed by atoms with Crippen molar-refractivity contribution in [1.82, 2.24) is 10.6 Å². The molecule has 0 saturated heterocycles. The number of para-hydroxylation sites is 1. The van der Waals surface area contributed by atoms with Gasteiger partial charge in [0.25, 0.3) is 5.91 Å². The van der Waals surface area contributed by atoms with E-state index in [4.69, 9.17) is 4.74 Å². The van der Waals surface area contributed by atoms with Gasteiger partial charge >= 0.3 is 12.0 Å². The molecule has 24 heavy (non-hydrogen) atoms. The molecule has 0 bridgehead atoms. The summed E-state index contributed by atoms with van der Waals surface area (Å²) in [4.78, 5) is 47.2. The second-order valence-electron chi connectivity index (χ2n) is 4.86. The average molecular weight is 351 g/mol. The predicted octanol–water partition coefficient (Wildman–Crippen LogP) is 0.878. The van der Waals surface area contributed by atoms with Crippen LogP contribution in [-0.2, 0) is 19.1 Å². The maximum absolute atomic E-state index is 12.0. The predicted molar refractivity (Wildman–Crippen MR) is 87.5 cm³/mol. The molecule has 0 unspecified atom stereocenters. The van der Waals surface area contributed by atoms with E-state index in [1.807, 2.05) is 23.5 Å². The highest BCUT2D eigenvalue weighted by Crippen LogP contribution is 2.36. The zero-order valence-electron chi connectivity index (χ0n) is 13.0. The first-order chi connectivity index (χ1) is 11.5. The van der Waals surface area contributed by atoms with Crippen LogP contribution >= 0.6 is 11.8 Å². The molecule has 3 N–H and O–H groups in total. The Morgan fingerprint density at radius 3 is 2.79 bits per heavy atom. The largest absolute Gasteiger partial charge is 0.456 e. The number of carbonyl (C=O) groups is 4. The van der Waals surface area contributed by atoms with E-state index in [2.05, 4.69) is 10.6 Å². The average Bonchev–Trinajstić information content (AvgIpc) is 2.54. The fraction of sp³-hybridized carbons (Fsp3) is 0.333. The summed E-state index contributed by atoms with van der Waals surface area (Å²) in [5.41, 5.74) is 0.707. The number of hydrogen-bond acceptors (Lipinski definition) is 6. The van der Waals surface area contributed by atoms with Gasteiger partial charge < -0.3 is 15.4 Å². The van der Waals surface area contributed by atoms with Gasteiger partial charge in [0.05, 0.1) is 17.4 Å². The SMILES string of the molecule is CCNC(=O)NC(=O)COC(=O)C[C@@H]1Sc2ccccc2NC1=O. The Morgan fingerprint density at radius 1 is 1.29 bits per heavy atom. The third kappa shape index (κ3) is 4.98. The molecule has 9 heteroatoms. The molecule has 2 rings (SSSR count). The highest BCUT2D eigenvalue weighted by Gasteiger charge is 2.29. The summed E-state index contributed by atoms with van der Waals surface area (Å²) < 4.78 is 4.80. The van der Waals surface area contributed by atoms with E-state index in [9.17, 15) is 19.2 Å². The van der Waals surface area contributed by atoms with Gasteiger partial charge in [-0.05, 0) is 19.1 Å². The molecular formula is C15H17N3O5S.